The molecule has 0 atom stereocenters. The van der Waals surface area contributed by atoms with Crippen LogP contribution in [-0.2, 0) is 19.4 Å². The van der Waals surface area contributed by atoms with Crippen LogP contribution in [0.2, 0.25) is 0 Å². The summed E-state index contributed by atoms with van der Waals surface area (Å²) in [5.41, 5.74) is 2.86. The van der Waals surface area contributed by atoms with Crippen LogP contribution in [-0.4, -0.2) is 22.6 Å². The van der Waals surface area contributed by atoms with Crippen molar-refractivity contribution in [3.63, 3.8) is 0 Å². The zero-order chi connectivity index (χ0) is 12.3. The van der Waals surface area contributed by atoms with Crippen LogP contribution in [0, 0.1) is 12.8 Å². The van der Waals surface area contributed by atoms with Gasteiger partial charge in [-0.25, -0.2) is 4.98 Å². The first-order valence-electron chi connectivity index (χ1n) is 6.94. The van der Waals surface area contributed by atoms with E-state index in [0.29, 0.717) is 0 Å². The van der Waals surface area contributed by atoms with Crippen molar-refractivity contribution in [3.05, 3.63) is 17.2 Å². The molecule has 2 rings (SSSR count). The van der Waals surface area contributed by atoms with Crippen molar-refractivity contribution < 1.29 is 0 Å². The van der Waals surface area contributed by atoms with Crippen LogP contribution in [0.5, 0.6) is 0 Å². The van der Waals surface area contributed by atoms with E-state index >= 15 is 0 Å². The highest BCUT2D eigenvalue weighted by molar-refractivity contribution is 5.19. The maximum Gasteiger partial charge on any atom is 0.106 e. The van der Waals surface area contributed by atoms with Crippen LogP contribution in [0.25, 0.3) is 0 Å². The molecule has 1 aromatic rings. The normalized spacial score (nSPS) is 15.3. The Morgan fingerprint density at radius 3 is 2.82 bits per heavy atom. The van der Waals surface area contributed by atoms with E-state index in [4.69, 9.17) is 4.98 Å². The van der Waals surface area contributed by atoms with Gasteiger partial charge in [-0.15, -0.1) is 0 Å². The lowest BCUT2D eigenvalue weighted by atomic mass is 10.0. The Balaban J connectivity index is 1.93. The number of aromatic nitrogens is 2. The van der Waals surface area contributed by atoms with Crippen LogP contribution in [0.4, 0.5) is 0 Å². The van der Waals surface area contributed by atoms with E-state index in [1.165, 1.54) is 42.9 Å². The van der Waals surface area contributed by atoms with Crippen LogP contribution in [0.3, 0.4) is 0 Å². The number of aryl methyl sites for hydroxylation is 2. The van der Waals surface area contributed by atoms with Crippen LogP contribution >= 0.6 is 0 Å². The SMILES string of the molecule is Cc1nc2c(n1CCNCC(C)C)CCCC2. The smallest absolute Gasteiger partial charge is 0.106 e. The third-order valence-corrected chi connectivity index (χ3v) is 3.49. The van der Waals surface area contributed by atoms with Gasteiger partial charge < -0.3 is 9.88 Å². The lowest BCUT2D eigenvalue weighted by molar-refractivity contribution is 0.510. The number of rotatable bonds is 5. The van der Waals surface area contributed by atoms with Gasteiger partial charge in [0.1, 0.15) is 5.82 Å². The number of nitrogens with one attached hydrogen (secondary N) is 1. The number of nitrogens with zero attached hydrogens (tertiary/aromatic N) is 2. The fourth-order valence-electron chi connectivity index (χ4n) is 2.61. The standard InChI is InChI=1S/C14H25N3/c1-11(2)10-15-8-9-17-12(3)16-13-6-4-5-7-14(13)17/h11,15H,4-10H2,1-3H3. The molecule has 3 heteroatoms. The predicted molar refractivity (Wildman–Crippen MR) is 71.3 cm³/mol. The Labute approximate surface area is 105 Å². The fourth-order valence-corrected chi connectivity index (χ4v) is 2.61. The zero-order valence-electron chi connectivity index (χ0n) is 11.4. The summed E-state index contributed by atoms with van der Waals surface area (Å²) in [7, 11) is 0. The molecule has 0 unspecified atom stereocenters. The second-order valence-electron chi connectivity index (χ2n) is 5.51. The highest BCUT2D eigenvalue weighted by Gasteiger charge is 2.17. The minimum absolute atomic E-state index is 0.729. The second-order valence-corrected chi connectivity index (χ2v) is 5.51. The molecule has 0 saturated carbocycles. The molecule has 1 aromatic heterocycles. The predicted octanol–water partition coefficient (Wildman–Crippen LogP) is 2.32. The van der Waals surface area contributed by atoms with E-state index in [9.17, 15) is 0 Å². The van der Waals surface area contributed by atoms with Gasteiger partial charge in [-0.05, 0) is 45.1 Å². The van der Waals surface area contributed by atoms with E-state index in [2.05, 4.69) is 30.7 Å². The Morgan fingerprint density at radius 2 is 2.06 bits per heavy atom. The third kappa shape index (κ3) is 3.09. The van der Waals surface area contributed by atoms with Crippen molar-refractivity contribution in [2.45, 2.75) is 53.0 Å². The maximum atomic E-state index is 4.70. The molecule has 1 N–H and O–H groups in total. The molecule has 0 aliphatic heterocycles. The number of imidazole rings is 1. The summed E-state index contributed by atoms with van der Waals surface area (Å²) in [6.07, 6.45) is 5.05. The van der Waals surface area contributed by atoms with Crippen LogP contribution < -0.4 is 5.32 Å². The topological polar surface area (TPSA) is 29.9 Å². The first-order valence-corrected chi connectivity index (χ1v) is 6.94. The number of hydrogen-bond donors (Lipinski definition) is 1. The summed E-state index contributed by atoms with van der Waals surface area (Å²) in [6, 6.07) is 0. The van der Waals surface area contributed by atoms with Gasteiger partial charge in [0.2, 0.25) is 0 Å². The molecule has 1 aliphatic rings. The average molecular weight is 235 g/mol. The summed E-state index contributed by atoms with van der Waals surface area (Å²) in [6.45, 7) is 9.87. The highest BCUT2D eigenvalue weighted by atomic mass is 15.1. The molecule has 0 saturated heterocycles. The van der Waals surface area contributed by atoms with E-state index in [1.807, 2.05) is 0 Å². The van der Waals surface area contributed by atoms with Crippen molar-refractivity contribution in [1.29, 1.82) is 0 Å². The largest absolute Gasteiger partial charge is 0.331 e. The fraction of sp³-hybridized carbons (Fsp3) is 0.786. The molecule has 0 bridgehead atoms. The average Bonchev–Trinajstić information content (AvgIpc) is 2.60. The molecule has 96 valence electrons. The Morgan fingerprint density at radius 1 is 1.29 bits per heavy atom. The zero-order valence-corrected chi connectivity index (χ0v) is 11.4. The molecule has 0 radical (unpaired) electrons. The van der Waals surface area contributed by atoms with Gasteiger partial charge >= 0.3 is 0 Å². The van der Waals surface area contributed by atoms with Gasteiger partial charge in [0.05, 0.1) is 5.69 Å². The van der Waals surface area contributed by atoms with Gasteiger partial charge in [0.15, 0.2) is 0 Å². The molecule has 3 nitrogen and oxygen atoms in total. The van der Waals surface area contributed by atoms with Gasteiger partial charge in [-0.1, -0.05) is 13.8 Å². The van der Waals surface area contributed by atoms with Crippen molar-refractivity contribution in [2.24, 2.45) is 5.92 Å². The van der Waals surface area contributed by atoms with E-state index in [0.717, 1.165) is 25.6 Å². The second kappa shape index (κ2) is 5.67. The van der Waals surface area contributed by atoms with E-state index in [1.54, 1.807) is 0 Å². The van der Waals surface area contributed by atoms with Crippen molar-refractivity contribution in [2.75, 3.05) is 13.1 Å². The minimum atomic E-state index is 0.729. The Kier molecular flexibility index (Phi) is 4.21. The summed E-state index contributed by atoms with van der Waals surface area (Å²) >= 11 is 0. The first kappa shape index (κ1) is 12.6. The van der Waals surface area contributed by atoms with Gasteiger partial charge in [-0.2, -0.15) is 0 Å². The Bertz CT molecular complexity index is 366. The van der Waals surface area contributed by atoms with Gasteiger partial charge in [-0.3, -0.25) is 0 Å². The maximum absolute atomic E-state index is 4.70. The summed E-state index contributed by atoms with van der Waals surface area (Å²) in [5.74, 6) is 1.93. The first-order chi connectivity index (χ1) is 8.18. The minimum Gasteiger partial charge on any atom is -0.331 e. The Hall–Kier alpha value is -0.830. The molecule has 17 heavy (non-hydrogen) atoms. The molecule has 0 aromatic carbocycles. The van der Waals surface area contributed by atoms with E-state index < -0.39 is 0 Å². The molecule has 1 aliphatic carbocycles. The van der Waals surface area contributed by atoms with Crippen LogP contribution in [0.1, 0.15) is 43.9 Å². The summed E-state index contributed by atoms with van der Waals surface area (Å²) in [5, 5.41) is 3.51. The molecular formula is C14H25N3. The monoisotopic (exact) mass is 235 g/mol. The molecule has 0 amide bonds. The van der Waals surface area contributed by atoms with Crippen molar-refractivity contribution >= 4 is 0 Å². The quantitative estimate of drug-likeness (QED) is 0.794. The molecule has 0 fully saturated rings. The number of fused-ring (bicyclic) bond motifs is 1. The van der Waals surface area contributed by atoms with Gasteiger partial charge in [0, 0.05) is 18.8 Å². The van der Waals surface area contributed by atoms with E-state index in [-0.39, 0.29) is 0 Å². The summed E-state index contributed by atoms with van der Waals surface area (Å²) in [4.78, 5) is 4.70. The molecule has 0 spiro atoms. The molecule has 1 heterocycles. The van der Waals surface area contributed by atoms with Crippen molar-refractivity contribution in [1.82, 2.24) is 14.9 Å². The number of hydrogen-bond acceptors (Lipinski definition) is 2. The van der Waals surface area contributed by atoms with Crippen LogP contribution in [0.15, 0.2) is 0 Å². The van der Waals surface area contributed by atoms with Crippen molar-refractivity contribution in [3.8, 4) is 0 Å². The lowest BCUT2D eigenvalue weighted by Crippen LogP contribution is -2.25. The van der Waals surface area contributed by atoms with Gasteiger partial charge in [0.25, 0.3) is 0 Å². The summed E-state index contributed by atoms with van der Waals surface area (Å²) < 4.78 is 2.42. The molecular weight excluding hydrogens is 210 g/mol. The highest BCUT2D eigenvalue weighted by Crippen LogP contribution is 2.21. The lowest BCUT2D eigenvalue weighted by Gasteiger charge is -2.15. The third-order valence-electron chi connectivity index (χ3n) is 3.49.